The molecule has 1 fully saturated rings. The maximum Gasteiger partial charge on any atom is 0.309 e. The van der Waals surface area contributed by atoms with Crippen LogP contribution in [0.5, 0.6) is 5.75 Å². The van der Waals surface area contributed by atoms with Crippen molar-refractivity contribution in [2.24, 2.45) is 5.92 Å². The van der Waals surface area contributed by atoms with Crippen LogP contribution >= 0.6 is 0 Å². The molecule has 0 aromatic heterocycles. The molecule has 0 aliphatic carbocycles. The summed E-state index contributed by atoms with van der Waals surface area (Å²) in [7, 11) is -3.69. The van der Waals surface area contributed by atoms with Gasteiger partial charge in [-0.2, -0.15) is 0 Å². The number of esters is 1. The van der Waals surface area contributed by atoms with Gasteiger partial charge >= 0.3 is 5.97 Å². The molecule has 0 spiro atoms. The molecule has 1 aliphatic heterocycles. The quantitative estimate of drug-likeness (QED) is 0.503. The fraction of sp³-hybridized carbons (Fsp3) is 0.440. The van der Waals surface area contributed by atoms with Crippen molar-refractivity contribution in [2.75, 3.05) is 37.2 Å². The first-order valence-electron chi connectivity index (χ1n) is 11.5. The molecule has 2 aromatic rings. The second kappa shape index (κ2) is 11.4. The van der Waals surface area contributed by atoms with Crippen LogP contribution in [0, 0.1) is 12.8 Å². The number of likely N-dealkylation sites (tertiary alicyclic amines) is 1. The van der Waals surface area contributed by atoms with Gasteiger partial charge in [-0.05, 0) is 70.0 Å². The lowest BCUT2D eigenvalue weighted by Crippen LogP contribution is -2.42. The van der Waals surface area contributed by atoms with E-state index in [1.165, 1.54) is 4.31 Å². The number of aryl methyl sites for hydroxylation is 1. The topological polar surface area (TPSA) is 93.2 Å². The Morgan fingerprint density at radius 1 is 1.00 bits per heavy atom. The van der Waals surface area contributed by atoms with Gasteiger partial charge in [0.25, 0.3) is 15.9 Å². The van der Waals surface area contributed by atoms with Crippen LogP contribution < -0.4 is 9.04 Å². The summed E-state index contributed by atoms with van der Waals surface area (Å²) in [5.41, 5.74) is 1.50. The minimum absolute atomic E-state index is 0.122. The zero-order valence-corrected chi connectivity index (χ0v) is 20.7. The Morgan fingerprint density at radius 3 is 2.18 bits per heavy atom. The van der Waals surface area contributed by atoms with Gasteiger partial charge < -0.3 is 14.4 Å². The van der Waals surface area contributed by atoms with Crippen LogP contribution in [-0.4, -0.2) is 58.0 Å². The highest BCUT2D eigenvalue weighted by molar-refractivity contribution is 7.92. The maximum absolute atomic E-state index is 13.1. The molecular weight excluding hydrogens is 456 g/mol. The lowest BCUT2D eigenvalue weighted by atomic mass is 9.97. The average Bonchev–Trinajstić information content (AvgIpc) is 2.84. The van der Waals surface area contributed by atoms with Gasteiger partial charge in [-0.3, -0.25) is 13.9 Å². The van der Waals surface area contributed by atoms with Gasteiger partial charge in [0.05, 0.1) is 23.1 Å². The van der Waals surface area contributed by atoms with Gasteiger partial charge in [0, 0.05) is 19.6 Å². The highest BCUT2D eigenvalue weighted by atomic mass is 32.2. The predicted molar refractivity (Wildman–Crippen MR) is 129 cm³/mol. The number of carbonyl (C=O) groups excluding carboxylic acids is 2. The number of hydrogen-bond acceptors (Lipinski definition) is 6. The van der Waals surface area contributed by atoms with Crippen molar-refractivity contribution < 1.29 is 27.5 Å². The molecule has 34 heavy (non-hydrogen) atoms. The van der Waals surface area contributed by atoms with Crippen molar-refractivity contribution >= 4 is 27.6 Å². The van der Waals surface area contributed by atoms with Crippen LogP contribution in [0.3, 0.4) is 0 Å². The standard InChI is InChI=1S/C25H32N2O6S/c1-4-27(34(30,31)23-12-6-19(3)7-13-23)21-8-10-22(11-9-21)33-18-24(28)26-16-14-20(15-17-26)25(29)32-5-2/h6-13,20H,4-5,14-18H2,1-3H3. The van der Waals surface area contributed by atoms with Crippen LogP contribution in [0.25, 0.3) is 0 Å². The van der Waals surface area contributed by atoms with Crippen molar-refractivity contribution in [1.29, 1.82) is 0 Å². The van der Waals surface area contributed by atoms with Gasteiger partial charge in [0.2, 0.25) is 0 Å². The first kappa shape index (κ1) is 25.6. The number of rotatable bonds is 9. The van der Waals surface area contributed by atoms with Crippen LogP contribution in [0.4, 0.5) is 5.69 Å². The van der Waals surface area contributed by atoms with E-state index in [0.29, 0.717) is 44.0 Å². The van der Waals surface area contributed by atoms with Crippen LogP contribution in [-0.2, 0) is 24.3 Å². The molecule has 0 saturated carbocycles. The number of piperidine rings is 1. The van der Waals surface area contributed by atoms with Gasteiger partial charge in [-0.1, -0.05) is 17.7 Å². The van der Waals surface area contributed by atoms with E-state index in [-0.39, 0.29) is 35.8 Å². The highest BCUT2D eigenvalue weighted by Crippen LogP contribution is 2.26. The van der Waals surface area contributed by atoms with Crippen molar-refractivity contribution in [3.8, 4) is 5.75 Å². The third-order valence-corrected chi connectivity index (χ3v) is 7.77. The number of nitrogens with zero attached hydrogens (tertiary/aromatic N) is 2. The monoisotopic (exact) mass is 488 g/mol. The van der Waals surface area contributed by atoms with Gasteiger partial charge in [-0.25, -0.2) is 8.42 Å². The minimum Gasteiger partial charge on any atom is -0.484 e. The third kappa shape index (κ3) is 6.08. The van der Waals surface area contributed by atoms with Crippen molar-refractivity contribution in [1.82, 2.24) is 4.90 Å². The van der Waals surface area contributed by atoms with E-state index >= 15 is 0 Å². The number of ether oxygens (including phenoxy) is 2. The molecule has 1 saturated heterocycles. The summed E-state index contributed by atoms with van der Waals surface area (Å²) in [5, 5.41) is 0. The van der Waals surface area contributed by atoms with Crippen molar-refractivity contribution in [3.63, 3.8) is 0 Å². The Balaban J connectivity index is 1.56. The molecule has 184 valence electrons. The molecule has 0 N–H and O–H groups in total. The van der Waals surface area contributed by atoms with Gasteiger partial charge in [0.15, 0.2) is 6.61 Å². The summed E-state index contributed by atoms with van der Waals surface area (Å²) in [4.78, 5) is 26.3. The van der Waals surface area contributed by atoms with E-state index in [9.17, 15) is 18.0 Å². The second-order valence-electron chi connectivity index (χ2n) is 8.17. The first-order chi connectivity index (χ1) is 16.3. The summed E-state index contributed by atoms with van der Waals surface area (Å²) in [6, 6.07) is 13.4. The van der Waals surface area contributed by atoms with Gasteiger partial charge in [0.1, 0.15) is 5.75 Å². The lowest BCUT2D eigenvalue weighted by molar-refractivity contribution is -0.151. The largest absolute Gasteiger partial charge is 0.484 e. The van der Waals surface area contributed by atoms with E-state index in [2.05, 4.69) is 0 Å². The van der Waals surface area contributed by atoms with E-state index in [1.54, 1.807) is 67.3 Å². The zero-order valence-electron chi connectivity index (χ0n) is 19.9. The second-order valence-corrected chi connectivity index (χ2v) is 10.0. The number of amides is 1. The number of anilines is 1. The van der Waals surface area contributed by atoms with Gasteiger partial charge in [-0.15, -0.1) is 0 Å². The lowest BCUT2D eigenvalue weighted by Gasteiger charge is -2.30. The fourth-order valence-electron chi connectivity index (χ4n) is 3.90. The van der Waals surface area contributed by atoms with Crippen LogP contribution in [0.15, 0.2) is 53.4 Å². The molecule has 0 atom stereocenters. The normalized spacial score (nSPS) is 14.5. The molecule has 1 aliphatic rings. The molecule has 8 nitrogen and oxygen atoms in total. The first-order valence-corrected chi connectivity index (χ1v) is 13.0. The summed E-state index contributed by atoms with van der Waals surface area (Å²) < 4.78 is 38.2. The number of carbonyl (C=O) groups is 2. The SMILES string of the molecule is CCOC(=O)C1CCN(C(=O)COc2ccc(N(CC)S(=O)(=O)c3ccc(C)cc3)cc2)CC1. The summed E-state index contributed by atoms with van der Waals surface area (Å²) >= 11 is 0. The molecule has 0 bridgehead atoms. The van der Waals surface area contributed by atoms with Crippen molar-refractivity contribution in [3.05, 3.63) is 54.1 Å². The maximum atomic E-state index is 13.1. The third-order valence-electron chi connectivity index (χ3n) is 5.85. The van der Waals surface area contributed by atoms with Crippen LogP contribution in [0.1, 0.15) is 32.3 Å². The Kier molecular flexibility index (Phi) is 8.55. The van der Waals surface area contributed by atoms with Crippen LogP contribution in [0.2, 0.25) is 0 Å². The Bertz CT molecular complexity index is 1080. The number of hydrogen-bond donors (Lipinski definition) is 0. The van der Waals surface area contributed by atoms with E-state index in [0.717, 1.165) is 5.56 Å². The average molecular weight is 489 g/mol. The molecular formula is C25H32N2O6S. The molecule has 2 aromatic carbocycles. The summed E-state index contributed by atoms with van der Waals surface area (Å²) in [6.45, 7) is 6.96. The number of sulfonamides is 1. The van der Waals surface area contributed by atoms with E-state index in [4.69, 9.17) is 9.47 Å². The molecule has 0 radical (unpaired) electrons. The summed E-state index contributed by atoms with van der Waals surface area (Å²) in [6.07, 6.45) is 1.17. The van der Waals surface area contributed by atoms with E-state index < -0.39 is 10.0 Å². The molecule has 0 unspecified atom stereocenters. The highest BCUT2D eigenvalue weighted by Gasteiger charge is 2.28. The smallest absolute Gasteiger partial charge is 0.309 e. The predicted octanol–water partition coefficient (Wildman–Crippen LogP) is 3.39. The number of benzene rings is 2. The van der Waals surface area contributed by atoms with Crippen molar-refractivity contribution in [2.45, 2.75) is 38.5 Å². The van der Waals surface area contributed by atoms with E-state index in [1.807, 2.05) is 6.92 Å². The molecule has 1 amide bonds. The Labute approximate surface area is 201 Å². The molecule has 9 heteroatoms. The minimum atomic E-state index is -3.69. The fourth-order valence-corrected chi connectivity index (χ4v) is 5.37. The zero-order chi connectivity index (χ0) is 24.7. The Hall–Kier alpha value is -3.07. The molecule has 1 heterocycles. The molecule has 3 rings (SSSR count). The Morgan fingerprint density at radius 2 is 1.62 bits per heavy atom. The summed E-state index contributed by atoms with van der Waals surface area (Å²) in [5.74, 6) is -0.0302.